The van der Waals surface area contributed by atoms with Gasteiger partial charge in [0.2, 0.25) is 0 Å². The van der Waals surface area contributed by atoms with Crippen LogP contribution in [0.5, 0.6) is 0 Å². The molecule has 0 heterocycles. The van der Waals surface area contributed by atoms with E-state index in [1.165, 1.54) is 0 Å². The van der Waals surface area contributed by atoms with Gasteiger partial charge in [0, 0.05) is 0 Å². The SMILES string of the molecule is C[C](=O)[Nb](=[N]C(C)(C)C)[CH]1C=CC=C1. The van der Waals surface area contributed by atoms with E-state index in [0.29, 0.717) is 8.14 Å². The van der Waals surface area contributed by atoms with Crippen molar-refractivity contribution in [3.05, 3.63) is 24.3 Å². The Morgan fingerprint density at radius 1 is 1.29 bits per heavy atom. The Morgan fingerprint density at radius 3 is 2.14 bits per heavy atom. The molecule has 0 aliphatic heterocycles. The molecule has 3 heteroatoms. The van der Waals surface area contributed by atoms with Crippen LogP contribution >= 0.6 is 0 Å². The Labute approximate surface area is 92.1 Å². The van der Waals surface area contributed by atoms with Crippen molar-refractivity contribution >= 4 is 4.00 Å². The Bertz CT molecular complexity index is 309. The molecule has 14 heavy (non-hydrogen) atoms. The van der Waals surface area contributed by atoms with Crippen molar-refractivity contribution in [1.82, 2.24) is 0 Å². The summed E-state index contributed by atoms with van der Waals surface area (Å²) in [7, 11) is 0. The van der Waals surface area contributed by atoms with Gasteiger partial charge in [-0.2, -0.15) is 0 Å². The number of hydrogen-bond acceptors (Lipinski definition) is 2. The first kappa shape index (κ1) is 11.8. The Kier molecular flexibility index (Phi) is 3.76. The molecule has 0 N–H and O–H groups in total. The van der Waals surface area contributed by atoms with Crippen molar-refractivity contribution < 1.29 is 23.1 Å². The molecule has 1 rings (SSSR count). The molecule has 0 unspecified atom stereocenters. The zero-order valence-corrected chi connectivity index (χ0v) is 11.4. The predicted molar refractivity (Wildman–Crippen MR) is 54.9 cm³/mol. The molecule has 0 spiro atoms. The third kappa shape index (κ3) is 3.45. The van der Waals surface area contributed by atoms with Gasteiger partial charge in [0.25, 0.3) is 0 Å². The van der Waals surface area contributed by atoms with Gasteiger partial charge in [-0.05, 0) is 0 Å². The van der Waals surface area contributed by atoms with Gasteiger partial charge in [0.15, 0.2) is 0 Å². The standard InChI is InChI=1S/C5H5.C4H9N.C2H3O.Nb/c1-2-4-5-3-1;1-4(2,3)5;1-2-3;/h1-5H;1-3H3;1H3;. The summed E-state index contributed by atoms with van der Waals surface area (Å²) >= 11 is -2.14. The van der Waals surface area contributed by atoms with E-state index in [1.807, 2.05) is 12.2 Å². The van der Waals surface area contributed by atoms with E-state index in [1.54, 1.807) is 6.92 Å². The first-order valence-corrected chi connectivity index (χ1v) is 8.13. The van der Waals surface area contributed by atoms with Gasteiger partial charge in [-0.15, -0.1) is 0 Å². The normalized spacial score (nSPS) is 17.9. The topological polar surface area (TPSA) is 29.4 Å². The third-order valence-electron chi connectivity index (χ3n) is 1.74. The monoisotopic (exact) mass is 272 g/mol. The van der Waals surface area contributed by atoms with E-state index in [0.717, 1.165) is 0 Å². The van der Waals surface area contributed by atoms with E-state index in [4.69, 9.17) is 3.34 Å². The number of hydrogen-bond donors (Lipinski definition) is 0. The number of allylic oxidation sites excluding steroid dienone is 4. The Hall–Kier alpha value is -0.310. The molecular weight excluding hydrogens is 255 g/mol. The Balaban J connectivity index is 2.96. The fourth-order valence-corrected chi connectivity index (χ4v) is 5.84. The van der Waals surface area contributed by atoms with E-state index in [2.05, 4.69) is 32.9 Å². The summed E-state index contributed by atoms with van der Waals surface area (Å²) in [6.45, 7) is 7.89. The third-order valence-corrected chi connectivity index (χ3v) is 7.57. The van der Waals surface area contributed by atoms with Crippen LogP contribution in [0.4, 0.5) is 0 Å². The van der Waals surface area contributed by atoms with Gasteiger partial charge in [-0.1, -0.05) is 0 Å². The molecule has 0 amide bonds. The second-order valence-electron chi connectivity index (χ2n) is 4.39. The zero-order chi connectivity index (χ0) is 10.8. The van der Waals surface area contributed by atoms with Gasteiger partial charge in [-0.3, -0.25) is 0 Å². The van der Waals surface area contributed by atoms with Crippen LogP contribution in [0.3, 0.4) is 0 Å². The second kappa shape index (κ2) is 4.47. The molecule has 0 radical (unpaired) electrons. The van der Waals surface area contributed by atoms with Gasteiger partial charge < -0.3 is 0 Å². The molecule has 0 atom stereocenters. The molecule has 1 aliphatic carbocycles. The molecule has 0 saturated carbocycles. The first-order chi connectivity index (χ1) is 6.40. The van der Waals surface area contributed by atoms with Crippen LogP contribution in [0.2, 0.25) is 4.14 Å². The number of rotatable bonds is 2. The van der Waals surface area contributed by atoms with Crippen LogP contribution in [0, 0.1) is 0 Å². The van der Waals surface area contributed by atoms with E-state index in [-0.39, 0.29) is 5.54 Å². The zero-order valence-electron chi connectivity index (χ0n) is 9.19. The average Bonchev–Trinajstić information content (AvgIpc) is 2.49. The molecule has 0 aromatic carbocycles. The summed E-state index contributed by atoms with van der Waals surface area (Å²) in [6.07, 6.45) is 8.25. The maximum atomic E-state index is 11.5. The molecule has 77 valence electrons. The fourth-order valence-electron chi connectivity index (χ4n) is 1.25. The fraction of sp³-hybridized carbons (Fsp3) is 0.545. The minimum absolute atomic E-state index is 0.0707. The molecule has 2 nitrogen and oxygen atoms in total. The number of nitrogens with zero attached hydrogens (tertiary/aromatic N) is 1. The summed E-state index contributed by atoms with van der Waals surface area (Å²) in [4.78, 5) is 11.5. The quantitative estimate of drug-likeness (QED) is 0.710. The van der Waals surface area contributed by atoms with Crippen LogP contribution in [0.15, 0.2) is 27.6 Å². The number of carbonyl (C=O) groups is 1. The summed E-state index contributed by atoms with van der Waals surface area (Å²) < 4.78 is 5.39. The van der Waals surface area contributed by atoms with E-state index in [9.17, 15) is 4.79 Å². The molecule has 0 bridgehead atoms. The maximum absolute atomic E-state index is 11.5. The predicted octanol–water partition coefficient (Wildman–Crippen LogP) is 3.05. The van der Waals surface area contributed by atoms with Gasteiger partial charge in [0.05, 0.1) is 0 Å². The molecule has 0 aromatic rings. The summed E-state index contributed by atoms with van der Waals surface area (Å²) in [6, 6.07) is 0. The molecule has 0 saturated heterocycles. The minimum atomic E-state index is -2.14. The van der Waals surface area contributed by atoms with Crippen molar-refractivity contribution in [2.75, 3.05) is 0 Å². The van der Waals surface area contributed by atoms with Gasteiger partial charge in [0.1, 0.15) is 0 Å². The summed E-state index contributed by atoms with van der Waals surface area (Å²) in [5.41, 5.74) is -0.0707. The van der Waals surface area contributed by atoms with Crippen LogP contribution in [-0.2, 0) is 23.1 Å². The van der Waals surface area contributed by atoms with Crippen molar-refractivity contribution in [1.29, 1.82) is 0 Å². The van der Waals surface area contributed by atoms with Crippen molar-refractivity contribution in [3.63, 3.8) is 0 Å². The summed E-state index contributed by atoms with van der Waals surface area (Å²) in [5, 5.41) is 0. The van der Waals surface area contributed by atoms with Crippen LogP contribution in [-0.4, -0.2) is 9.54 Å². The van der Waals surface area contributed by atoms with Crippen molar-refractivity contribution in [3.8, 4) is 0 Å². The van der Waals surface area contributed by atoms with Crippen LogP contribution in [0.1, 0.15) is 27.7 Å². The average molecular weight is 272 g/mol. The van der Waals surface area contributed by atoms with E-state index >= 15 is 0 Å². The van der Waals surface area contributed by atoms with Gasteiger partial charge >= 0.3 is 92.1 Å². The van der Waals surface area contributed by atoms with E-state index < -0.39 is 18.3 Å². The van der Waals surface area contributed by atoms with Crippen molar-refractivity contribution in [2.24, 2.45) is 3.34 Å². The van der Waals surface area contributed by atoms with Crippen molar-refractivity contribution in [2.45, 2.75) is 37.4 Å². The summed E-state index contributed by atoms with van der Waals surface area (Å²) in [5.74, 6) is 0. The molecular formula is C11H17NNbO. The number of carbonyl (C=O) groups excluding carboxylic acids is 1. The molecule has 0 aromatic heterocycles. The molecule has 0 fully saturated rings. The second-order valence-corrected chi connectivity index (χ2v) is 9.59. The van der Waals surface area contributed by atoms with Crippen LogP contribution in [0.25, 0.3) is 0 Å². The first-order valence-electron chi connectivity index (χ1n) is 4.78. The van der Waals surface area contributed by atoms with Gasteiger partial charge in [-0.25, -0.2) is 0 Å². The van der Waals surface area contributed by atoms with Crippen LogP contribution < -0.4 is 0 Å². The molecule has 1 aliphatic rings. The Morgan fingerprint density at radius 2 is 1.79 bits per heavy atom.